The van der Waals surface area contributed by atoms with Crippen molar-refractivity contribution in [2.75, 3.05) is 11.6 Å². The first-order valence-corrected chi connectivity index (χ1v) is 12.9. The monoisotopic (exact) mass is 450 g/mol. The summed E-state index contributed by atoms with van der Waals surface area (Å²) in [5.41, 5.74) is 4.22. The SMILES string of the molecule is CSc1ccc(C(=O)Nc2sc3c(c2-c2nc4ccccc4s2)CC[C@@H](C)C3)cc1. The number of fused-ring (bicyclic) bond motifs is 2. The van der Waals surface area contributed by atoms with Crippen LogP contribution in [0.1, 0.15) is 34.1 Å². The molecule has 1 aliphatic rings. The van der Waals surface area contributed by atoms with Gasteiger partial charge in [0.2, 0.25) is 0 Å². The average molecular weight is 451 g/mol. The summed E-state index contributed by atoms with van der Waals surface area (Å²) in [4.78, 5) is 20.5. The number of thiophene rings is 1. The zero-order valence-electron chi connectivity index (χ0n) is 16.9. The third-order valence-corrected chi connectivity index (χ3v) is 8.57. The van der Waals surface area contributed by atoms with Crippen LogP contribution in [0.25, 0.3) is 20.8 Å². The Balaban J connectivity index is 1.56. The number of hydrogen-bond donors (Lipinski definition) is 1. The molecule has 0 bridgehead atoms. The third kappa shape index (κ3) is 3.68. The number of amides is 1. The molecule has 3 nitrogen and oxygen atoms in total. The molecule has 0 aliphatic heterocycles. The van der Waals surface area contributed by atoms with Crippen LogP contribution in [0.2, 0.25) is 0 Å². The lowest BCUT2D eigenvalue weighted by Gasteiger charge is -2.18. The molecule has 2 aromatic carbocycles. The van der Waals surface area contributed by atoms with E-state index in [2.05, 4.69) is 30.4 Å². The Morgan fingerprint density at radius 1 is 1.13 bits per heavy atom. The van der Waals surface area contributed by atoms with Gasteiger partial charge in [0, 0.05) is 20.9 Å². The summed E-state index contributed by atoms with van der Waals surface area (Å²) in [5.74, 6) is 0.624. The van der Waals surface area contributed by atoms with E-state index in [4.69, 9.17) is 4.98 Å². The van der Waals surface area contributed by atoms with Gasteiger partial charge >= 0.3 is 0 Å². The van der Waals surface area contributed by atoms with Gasteiger partial charge < -0.3 is 5.32 Å². The fourth-order valence-corrected chi connectivity index (χ4v) is 6.89. The zero-order valence-corrected chi connectivity index (χ0v) is 19.3. The molecule has 0 radical (unpaired) electrons. The highest BCUT2D eigenvalue weighted by Crippen LogP contribution is 2.47. The van der Waals surface area contributed by atoms with Crippen LogP contribution >= 0.6 is 34.4 Å². The predicted molar refractivity (Wildman–Crippen MR) is 130 cm³/mol. The van der Waals surface area contributed by atoms with Crippen molar-refractivity contribution in [1.29, 1.82) is 0 Å². The maximum atomic E-state index is 13.0. The number of benzene rings is 2. The number of nitrogens with zero attached hydrogens (tertiary/aromatic N) is 1. The van der Waals surface area contributed by atoms with Crippen molar-refractivity contribution in [1.82, 2.24) is 4.98 Å². The number of thioether (sulfide) groups is 1. The Labute approximate surface area is 188 Å². The first-order chi connectivity index (χ1) is 14.6. The summed E-state index contributed by atoms with van der Waals surface area (Å²) >= 11 is 5.12. The molecule has 4 aromatic rings. The topological polar surface area (TPSA) is 42.0 Å². The van der Waals surface area contributed by atoms with Crippen molar-refractivity contribution in [3.05, 3.63) is 64.5 Å². The molecule has 2 aromatic heterocycles. The minimum Gasteiger partial charge on any atom is -0.313 e. The molecule has 6 heteroatoms. The van der Waals surface area contributed by atoms with E-state index in [0.29, 0.717) is 11.5 Å². The molecule has 0 fully saturated rings. The van der Waals surface area contributed by atoms with Crippen LogP contribution < -0.4 is 5.32 Å². The van der Waals surface area contributed by atoms with Crippen molar-refractivity contribution in [2.45, 2.75) is 31.1 Å². The van der Waals surface area contributed by atoms with Crippen LogP contribution in [-0.2, 0) is 12.8 Å². The Morgan fingerprint density at radius 3 is 2.70 bits per heavy atom. The van der Waals surface area contributed by atoms with Crippen LogP contribution in [0.15, 0.2) is 53.4 Å². The van der Waals surface area contributed by atoms with Gasteiger partial charge in [0.1, 0.15) is 10.0 Å². The lowest BCUT2D eigenvalue weighted by molar-refractivity contribution is 0.102. The molecule has 1 aliphatic carbocycles. The quantitative estimate of drug-likeness (QED) is 0.336. The van der Waals surface area contributed by atoms with Gasteiger partial charge in [0.25, 0.3) is 5.91 Å². The number of anilines is 1. The Kier molecular flexibility index (Phi) is 5.39. The van der Waals surface area contributed by atoms with E-state index in [1.165, 1.54) is 21.6 Å². The molecule has 2 heterocycles. The zero-order chi connectivity index (χ0) is 20.7. The molecule has 0 saturated carbocycles. The van der Waals surface area contributed by atoms with Gasteiger partial charge in [-0.15, -0.1) is 34.4 Å². The predicted octanol–water partition coefficient (Wildman–Crippen LogP) is 7.12. The second kappa shape index (κ2) is 8.17. The standard InChI is InChI=1S/C24H22N2OS3/c1-14-7-12-17-20(13-14)30-24(26-22(27)15-8-10-16(28-2)11-9-15)21(17)23-25-18-5-3-4-6-19(18)29-23/h3-6,8-11,14H,7,12-13H2,1-2H3,(H,26,27)/t14-/m1/s1. The van der Waals surface area contributed by atoms with Crippen molar-refractivity contribution in [3.8, 4) is 10.6 Å². The number of carbonyl (C=O) groups excluding carboxylic acids is 1. The van der Waals surface area contributed by atoms with Crippen LogP contribution in [0, 0.1) is 5.92 Å². The maximum Gasteiger partial charge on any atom is 0.256 e. The van der Waals surface area contributed by atoms with Gasteiger partial charge in [0.05, 0.1) is 10.2 Å². The molecule has 152 valence electrons. The second-order valence-corrected chi connectivity index (χ2v) is 10.7. The number of rotatable bonds is 4. The molecule has 0 spiro atoms. The molecular weight excluding hydrogens is 428 g/mol. The summed E-state index contributed by atoms with van der Waals surface area (Å²) in [6, 6.07) is 16.0. The number of thiazole rings is 1. The van der Waals surface area contributed by atoms with Crippen LogP contribution in [0.3, 0.4) is 0 Å². The number of aromatic nitrogens is 1. The largest absolute Gasteiger partial charge is 0.313 e. The molecule has 5 rings (SSSR count). The van der Waals surface area contributed by atoms with Gasteiger partial charge in [0.15, 0.2) is 0 Å². The van der Waals surface area contributed by atoms with Gasteiger partial charge in [-0.2, -0.15) is 0 Å². The second-order valence-electron chi connectivity index (χ2n) is 7.73. The highest BCUT2D eigenvalue weighted by molar-refractivity contribution is 7.98. The Bertz CT molecular complexity index is 1190. The van der Waals surface area contributed by atoms with Gasteiger partial charge in [-0.1, -0.05) is 19.1 Å². The van der Waals surface area contributed by atoms with E-state index in [9.17, 15) is 4.79 Å². The van der Waals surface area contributed by atoms with Crippen LogP contribution in [-0.4, -0.2) is 17.1 Å². The lowest BCUT2D eigenvalue weighted by atomic mass is 9.88. The molecule has 1 atom stereocenters. The highest BCUT2D eigenvalue weighted by Gasteiger charge is 2.27. The maximum absolute atomic E-state index is 13.0. The Morgan fingerprint density at radius 2 is 1.93 bits per heavy atom. The molecular formula is C24H22N2OS3. The minimum atomic E-state index is -0.0586. The summed E-state index contributed by atoms with van der Waals surface area (Å²) in [6.07, 6.45) is 5.36. The van der Waals surface area contributed by atoms with Crippen LogP contribution in [0.4, 0.5) is 5.00 Å². The van der Waals surface area contributed by atoms with E-state index in [0.717, 1.165) is 38.8 Å². The number of carbonyl (C=O) groups is 1. The Hall–Kier alpha value is -2.15. The van der Waals surface area contributed by atoms with Crippen LogP contribution in [0.5, 0.6) is 0 Å². The van der Waals surface area contributed by atoms with Gasteiger partial charge in [-0.05, 0) is 73.4 Å². The van der Waals surface area contributed by atoms with Gasteiger partial charge in [-0.25, -0.2) is 4.98 Å². The summed E-state index contributed by atoms with van der Waals surface area (Å²) in [7, 11) is 0. The normalized spacial score (nSPS) is 15.9. The van der Waals surface area contributed by atoms with Crippen molar-refractivity contribution < 1.29 is 4.79 Å². The highest BCUT2D eigenvalue weighted by atomic mass is 32.2. The molecule has 30 heavy (non-hydrogen) atoms. The summed E-state index contributed by atoms with van der Waals surface area (Å²) < 4.78 is 1.18. The first kappa shape index (κ1) is 19.8. The van der Waals surface area contributed by atoms with Crippen molar-refractivity contribution in [2.24, 2.45) is 5.92 Å². The average Bonchev–Trinajstić information content (AvgIpc) is 3.33. The fourth-order valence-electron chi connectivity index (χ4n) is 3.96. The first-order valence-electron chi connectivity index (χ1n) is 10.1. The third-order valence-electron chi connectivity index (χ3n) is 5.60. The van der Waals surface area contributed by atoms with Crippen molar-refractivity contribution in [3.63, 3.8) is 0 Å². The van der Waals surface area contributed by atoms with Crippen molar-refractivity contribution >= 4 is 55.6 Å². The number of hydrogen-bond acceptors (Lipinski definition) is 5. The molecule has 1 amide bonds. The van der Waals surface area contributed by atoms with Gasteiger partial charge in [-0.3, -0.25) is 4.79 Å². The molecule has 0 saturated heterocycles. The number of para-hydroxylation sites is 1. The molecule has 1 N–H and O–H groups in total. The lowest BCUT2D eigenvalue weighted by Crippen LogP contribution is -2.11. The minimum absolute atomic E-state index is 0.0586. The van der Waals surface area contributed by atoms with E-state index in [1.54, 1.807) is 34.4 Å². The summed E-state index contributed by atoms with van der Waals surface area (Å²) in [6.45, 7) is 2.31. The van der Waals surface area contributed by atoms with E-state index in [-0.39, 0.29) is 5.91 Å². The molecule has 0 unspecified atom stereocenters. The van der Waals surface area contributed by atoms with E-state index in [1.807, 2.05) is 36.6 Å². The van der Waals surface area contributed by atoms with E-state index < -0.39 is 0 Å². The fraction of sp³-hybridized carbons (Fsp3) is 0.250. The number of nitrogens with one attached hydrogen (secondary N) is 1. The smallest absolute Gasteiger partial charge is 0.256 e. The van der Waals surface area contributed by atoms with E-state index >= 15 is 0 Å². The summed E-state index contributed by atoms with van der Waals surface area (Å²) in [5, 5.41) is 5.17.